The summed E-state index contributed by atoms with van der Waals surface area (Å²) in [5, 5.41) is 11.0. The van der Waals surface area contributed by atoms with Crippen LogP contribution in [0.3, 0.4) is 0 Å². The number of nitrogens with zero attached hydrogens (tertiary/aromatic N) is 1. The van der Waals surface area contributed by atoms with Crippen molar-refractivity contribution in [1.82, 2.24) is 9.97 Å². The topological polar surface area (TPSA) is 48.9 Å². The average molecular weight is 267 g/mol. The Morgan fingerprint density at radius 2 is 2.35 bits per heavy atom. The Morgan fingerprint density at radius 1 is 1.47 bits per heavy atom. The predicted octanol–water partition coefficient (Wildman–Crippen LogP) is 2.81. The van der Waals surface area contributed by atoms with Gasteiger partial charge in [0.05, 0.1) is 6.10 Å². The third-order valence-corrected chi connectivity index (χ3v) is 4.46. The van der Waals surface area contributed by atoms with Gasteiger partial charge in [0.1, 0.15) is 5.82 Å². The van der Waals surface area contributed by atoms with Crippen LogP contribution in [-0.4, -0.2) is 20.3 Å². The first-order chi connectivity index (χ1) is 8.24. The minimum atomic E-state index is -0.473. The SMILES string of the molecule is O[C@H]1c2cc(Cl)ccc2S[C@H]1Cc1ncc[nH]1. The van der Waals surface area contributed by atoms with Crippen molar-refractivity contribution in [3.05, 3.63) is 47.0 Å². The number of nitrogens with one attached hydrogen (secondary N) is 1. The van der Waals surface area contributed by atoms with Crippen molar-refractivity contribution < 1.29 is 5.11 Å². The van der Waals surface area contributed by atoms with E-state index in [1.165, 1.54) is 0 Å². The molecule has 3 rings (SSSR count). The summed E-state index contributed by atoms with van der Waals surface area (Å²) in [6, 6.07) is 5.67. The van der Waals surface area contributed by atoms with Crippen LogP contribution in [0.1, 0.15) is 17.5 Å². The first-order valence-electron chi connectivity index (χ1n) is 5.36. The van der Waals surface area contributed by atoms with Gasteiger partial charge in [0.15, 0.2) is 0 Å². The maximum absolute atomic E-state index is 10.2. The first-order valence-corrected chi connectivity index (χ1v) is 6.62. The Labute approximate surface area is 108 Å². The van der Waals surface area contributed by atoms with Crippen molar-refractivity contribution in [2.75, 3.05) is 0 Å². The lowest BCUT2D eigenvalue weighted by Crippen LogP contribution is -2.13. The number of aromatic nitrogens is 2. The highest BCUT2D eigenvalue weighted by atomic mass is 35.5. The molecule has 0 aliphatic carbocycles. The summed E-state index contributed by atoms with van der Waals surface area (Å²) in [7, 11) is 0. The van der Waals surface area contributed by atoms with Gasteiger partial charge in [-0.1, -0.05) is 11.6 Å². The normalized spacial score (nSPS) is 22.7. The van der Waals surface area contributed by atoms with Crippen molar-refractivity contribution in [3.63, 3.8) is 0 Å². The number of benzene rings is 1. The number of fused-ring (bicyclic) bond motifs is 1. The van der Waals surface area contributed by atoms with E-state index in [1.807, 2.05) is 18.2 Å². The van der Waals surface area contributed by atoms with E-state index in [0.717, 1.165) is 22.7 Å². The Hall–Kier alpha value is -0.970. The van der Waals surface area contributed by atoms with Crippen LogP contribution in [-0.2, 0) is 6.42 Å². The van der Waals surface area contributed by atoms with E-state index in [0.29, 0.717) is 5.02 Å². The molecule has 5 heteroatoms. The van der Waals surface area contributed by atoms with Gasteiger partial charge in [-0.2, -0.15) is 0 Å². The van der Waals surface area contributed by atoms with Crippen LogP contribution in [0.4, 0.5) is 0 Å². The molecule has 0 spiro atoms. The van der Waals surface area contributed by atoms with Gasteiger partial charge in [-0.25, -0.2) is 4.98 Å². The summed E-state index contributed by atoms with van der Waals surface area (Å²) in [5.41, 5.74) is 0.930. The highest BCUT2D eigenvalue weighted by molar-refractivity contribution is 8.00. The largest absolute Gasteiger partial charge is 0.387 e. The molecule has 2 atom stereocenters. The van der Waals surface area contributed by atoms with E-state index in [-0.39, 0.29) is 5.25 Å². The molecule has 1 aromatic heterocycles. The zero-order valence-electron chi connectivity index (χ0n) is 8.93. The second-order valence-electron chi connectivity index (χ2n) is 4.02. The molecule has 1 aromatic carbocycles. The fourth-order valence-corrected chi connectivity index (χ4v) is 3.52. The Morgan fingerprint density at radius 3 is 3.12 bits per heavy atom. The summed E-state index contributed by atoms with van der Waals surface area (Å²) in [5.74, 6) is 0.903. The van der Waals surface area contributed by atoms with Gasteiger partial charge in [-0.05, 0) is 23.8 Å². The van der Waals surface area contributed by atoms with E-state index in [4.69, 9.17) is 11.6 Å². The Bertz CT molecular complexity index is 529. The molecule has 2 aromatic rings. The zero-order valence-corrected chi connectivity index (χ0v) is 10.5. The number of aliphatic hydroxyl groups is 1. The predicted molar refractivity (Wildman–Crippen MR) is 68.3 cm³/mol. The lowest BCUT2D eigenvalue weighted by Gasteiger charge is -2.12. The van der Waals surface area contributed by atoms with Crippen molar-refractivity contribution in [3.8, 4) is 0 Å². The molecule has 1 aliphatic rings. The zero-order chi connectivity index (χ0) is 11.8. The first kappa shape index (κ1) is 11.1. The number of aliphatic hydroxyl groups excluding tert-OH is 1. The number of imidazole rings is 1. The number of hydrogen-bond donors (Lipinski definition) is 2. The van der Waals surface area contributed by atoms with Gasteiger partial charge in [0.2, 0.25) is 0 Å². The third-order valence-electron chi connectivity index (χ3n) is 2.87. The summed E-state index contributed by atoms with van der Waals surface area (Å²) in [4.78, 5) is 8.36. The van der Waals surface area contributed by atoms with E-state index >= 15 is 0 Å². The Kier molecular flexibility index (Phi) is 2.86. The number of H-pyrrole nitrogens is 1. The minimum absolute atomic E-state index is 0.106. The van der Waals surface area contributed by atoms with Crippen molar-refractivity contribution in [2.45, 2.75) is 22.7 Å². The van der Waals surface area contributed by atoms with Gasteiger partial charge < -0.3 is 10.1 Å². The molecule has 0 saturated carbocycles. The highest BCUT2D eigenvalue weighted by Crippen LogP contribution is 2.45. The molecule has 0 amide bonds. The molecule has 2 heterocycles. The van der Waals surface area contributed by atoms with Gasteiger partial charge in [0, 0.05) is 34.0 Å². The standard InChI is InChI=1S/C12H11ClN2OS/c13-7-1-2-9-8(5-7)12(16)10(17-9)6-11-14-3-4-15-11/h1-5,10,12,16H,6H2,(H,14,15)/t10-,12-/m0/s1. The van der Waals surface area contributed by atoms with Crippen LogP contribution >= 0.6 is 23.4 Å². The van der Waals surface area contributed by atoms with E-state index in [2.05, 4.69) is 9.97 Å². The van der Waals surface area contributed by atoms with Crippen molar-refractivity contribution in [2.24, 2.45) is 0 Å². The van der Waals surface area contributed by atoms with Crippen LogP contribution in [0.25, 0.3) is 0 Å². The fourth-order valence-electron chi connectivity index (χ4n) is 2.04. The molecule has 17 heavy (non-hydrogen) atoms. The van der Waals surface area contributed by atoms with Crippen LogP contribution in [0.5, 0.6) is 0 Å². The molecule has 0 radical (unpaired) electrons. The molecule has 0 bridgehead atoms. The van der Waals surface area contributed by atoms with Crippen LogP contribution < -0.4 is 0 Å². The fraction of sp³-hybridized carbons (Fsp3) is 0.250. The Balaban J connectivity index is 1.84. The summed E-state index contributed by atoms with van der Waals surface area (Å²) in [6.45, 7) is 0. The molecular formula is C12H11ClN2OS. The number of halogens is 1. The minimum Gasteiger partial charge on any atom is -0.387 e. The van der Waals surface area contributed by atoms with Crippen LogP contribution in [0, 0.1) is 0 Å². The summed E-state index contributed by atoms with van der Waals surface area (Å²) >= 11 is 7.62. The number of hydrogen-bond acceptors (Lipinski definition) is 3. The van der Waals surface area contributed by atoms with E-state index < -0.39 is 6.10 Å². The lowest BCUT2D eigenvalue weighted by atomic mass is 10.0. The maximum atomic E-state index is 10.2. The second kappa shape index (κ2) is 4.37. The van der Waals surface area contributed by atoms with E-state index in [9.17, 15) is 5.11 Å². The molecule has 1 aliphatic heterocycles. The molecule has 88 valence electrons. The average Bonchev–Trinajstić information content (AvgIpc) is 2.91. The third kappa shape index (κ3) is 2.08. The molecular weight excluding hydrogens is 256 g/mol. The molecule has 0 fully saturated rings. The van der Waals surface area contributed by atoms with Crippen LogP contribution in [0.2, 0.25) is 5.02 Å². The lowest BCUT2D eigenvalue weighted by molar-refractivity contribution is 0.175. The molecule has 0 unspecified atom stereocenters. The number of rotatable bonds is 2. The number of aromatic amines is 1. The van der Waals surface area contributed by atoms with Crippen molar-refractivity contribution >= 4 is 23.4 Å². The van der Waals surface area contributed by atoms with Gasteiger partial charge in [-0.3, -0.25) is 0 Å². The smallest absolute Gasteiger partial charge is 0.107 e. The van der Waals surface area contributed by atoms with Gasteiger partial charge >= 0.3 is 0 Å². The summed E-state index contributed by atoms with van der Waals surface area (Å²) in [6.07, 6.45) is 3.78. The number of thioether (sulfide) groups is 1. The summed E-state index contributed by atoms with van der Waals surface area (Å²) < 4.78 is 0. The molecule has 3 nitrogen and oxygen atoms in total. The maximum Gasteiger partial charge on any atom is 0.107 e. The van der Waals surface area contributed by atoms with Gasteiger partial charge in [-0.15, -0.1) is 11.8 Å². The quantitative estimate of drug-likeness (QED) is 0.879. The highest BCUT2D eigenvalue weighted by Gasteiger charge is 2.32. The molecule has 0 saturated heterocycles. The van der Waals surface area contributed by atoms with Gasteiger partial charge in [0.25, 0.3) is 0 Å². The monoisotopic (exact) mass is 266 g/mol. The van der Waals surface area contributed by atoms with E-state index in [1.54, 1.807) is 24.2 Å². The van der Waals surface area contributed by atoms with Crippen LogP contribution in [0.15, 0.2) is 35.5 Å². The molecule has 2 N–H and O–H groups in total. The van der Waals surface area contributed by atoms with Crippen molar-refractivity contribution in [1.29, 1.82) is 0 Å². The second-order valence-corrected chi connectivity index (χ2v) is 5.74.